The number of benzene rings is 1. The lowest BCUT2D eigenvalue weighted by Crippen LogP contribution is -2.12. The SMILES string of the molecule is CCc1ccc(N=C(C)c2c(O)cc(C)oc2=O)cc1. The van der Waals surface area contributed by atoms with Crippen LogP contribution in [0.25, 0.3) is 0 Å². The molecule has 1 N–H and O–H groups in total. The predicted octanol–water partition coefficient (Wildman–Crippen LogP) is 3.36. The van der Waals surface area contributed by atoms with E-state index in [1.165, 1.54) is 11.6 Å². The maximum absolute atomic E-state index is 11.8. The molecule has 104 valence electrons. The van der Waals surface area contributed by atoms with Gasteiger partial charge in [-0.25, -0.2) is 4.79 Å². The van der Waals surface area contributed by atoms with E-state index < -0.39 is 5.63 Å². The molecular formula is C16H17NO3. The number of hydrogen-bond donors (Lipinski definition) is 1. The fourth-order valence-electron chi connectivity index (χ4n) is 1.98. The van der Waals surface area contributed by atoms with Crippen LogP contribution in [0.3, 0.4) is 0 Å². The summed E-state index contributed by atoms with van der Waals surface area (Å²) >= 11 is 0. The topological polar surface area (TPSA) is 62.8 Å². The van der Waals surface area contributed by atoms with Crippen LogP contribution in [0.4, 0.5) is 5.69 Å². The van der Waals surface area contributed by atoms with Gasteiger partial charge in [0.05, 0.1) is 11.4 Å². The second-order valence-corrected chi connectivity index (χ2v) is 4.62. The standard InChI is InChI=1S/C16H17NO3/c1-4-12-5-7-13(8-6-12)17-11(3)15-14(18)9-10(2)20-16(15)19/h5-9,18H,4H2,1-3H3. The molecule has 0 bridgehead atoms. The molecule has 0 aliphatic carbocycles. The average Bonchev–Trinajstić information content (AvgIpc) is 2.38. The number of aliphatic imine (C=N–C) groups is 1. The Bertz CT molecular complexity index is 697. The van der Waals surface area contributed by atoms with Gasteiger partial charge in [-0.05, 0) is 38.0 Å². The lowest BCUT2D eigenvalue weighted by atomic mass is 10.1. The summed E-state index contributed by atoms with van der Waals surface area (Å²) in [5.41, 5.74) is 1.92. The Labute approximate surface area is 117 Å². The van der Waals surface area contributed by atoms with E-state index in [-0.39, 0.29) is 11.3 Å². The molecular weight excluding hydrogens is 254 g/mol. The maximum Gasteiger partial charge on any atom is 0.348 e. The molecule has 0 spiro atoms. The average molecular weight is 271 g/mol. The maximum atomic E-state index is 11.8. The number of nitrogens with zero attached hydrogens (tertiary/aromatic N) is 1. The molecule has 4 heteroatoms. The van der Waals surface area contributed by atoms with Crippen LogP contribution in [0.2, 0.25) is 0 Å². The third-order valence-electron chi connectivity index (χ3n) is 3.06. The molecule has 0 radical (unpaired) electrons. The molecule has 2 rings (SSSR count). The molecule has 4 nitrogen and oxygen atoms in total. The van der Waals surface area contributed by atoms with E-state index in [4.69, 9.17) is 4.42 Å². The Morgan fingerprint density at radius 2 is 1.95 bits per heavy atom. The highest BCUT2D eigenvalue weighted by Crippen LogP contribution is 2.19. The number of aryl methyl sites for hydroxylation is 2. The first kappa shape index (κ1) is 14.1. The summed E-state index contributed by atoms with van der Waals surface area (Å²) in [5, 5.41) is 9.86. The van der Waals surface area contributed by atoms with E-state index in [9.17, 15) is 9.90 Å². The Morgan fingerprint density at radius 3 is 2.50 bits per heavy atom. The van der Waals surface area contributed by atoms with Crippen LogP contribution < -0.4 is 5.63 Å². The zero-order valence-electron chi connectivity index (χ0n) is 11.8. The smallest absolute Gasteiger partial charge is 0.348 e. The fourth-order valence-corrected chi connectivity index (χ4v) is 1.98. The van der Waals surface area contributed by atoms with Gasteiger partial charge in [-0.15, -0.1) is 0 Å². The molecule has 0 saturated heterocycles. The molecule has 0 saturated carbocycles. The second kappa shape index (κ2) is 5.74. The van der Waals surface area contributed by atoms with Gasteiger partial charge in [-0.1, -0.05) is 19.1 Å². The number of rotatable bonds is 3. The molecule has 0 fully saturated rings. The van der Waals surface area contributed by atoms with Crippen LogP contribution in [-0.2, 0) is 6.42 Å². The first-order valence-corrected chi connectivity index (χ1v) is 6.49. The minimum absolute atomic E-state index is 0.106. The van der Waals surface area contributed by atoms with Crippen molar-refractivity contribution in [2.75, 3.05) is 0 Å². The van der Waals surface area contributed by atoms with Crippen LogP contribution in [0.1, 0.15) is 30.7 Å². The Balaban J connectivity index is 2.42. The van der Waals surface area contributed by atoms with Gasteiger partial charge in [0.25, 0.3) is 0 Å². The third-order valence-corrected chi connectivity index (χ3v) is 3.06. The van der Waals surface area contributed by atoms with Gasteiger partial charge in [0, 0.05) is 6.07 Å². The summed E-state index contributed by atoms with van der Waals surface area (Å²) in [5.74, 6) is 0.265. The Morgan fingerprint density at radius 1 is 1.30 bits per heavy atom. The Kier molecular flexibility index (Phi) is 4.03. The van der Waals surface area contributed by atoms with Gasteiger partial charge in [-0.3, -0.25) is 4.99 Å². The van der Waals surface area contributed by atoms with E-state index in [1.807, 2.05) is 24.3 Å². The summed E-state index contributed by atoms with van der Waals surface area (Å²) in [7, 11) is 0. The van der Waals surface area contributed by atoms with Crippen molar-refractivity contribution in [3.05, 3.63) is 57.6 Å². The van der Waals surface area contributed by atoms with E-state index >= 15 is 0 Å². The van der Waals surface area contributed by atoms with Crippen molar-refractivity contribution in [1.82, 2.24) is 0 Å². The molecule has 0 amide bonds. The van der Waals surface area contributed by atoms with Crippen LogP contribution >= 0.6 is 0 Å². The van der Waals surface area contributed by atoms with Gasteiger partial charge in [0.2, 0.25) is 0 Å². The third kappa shape index (κ3) is 2.96. The molecule has 2 aromatic rings. The van der Waals surface area contributed by atoms with Crippen molar-refractivity contribution in [2.45, 2.75) is 27.2 Å². The van der Waals surface area contributed by atoms with Crippen molar-refractivity contribution in [1.29, 1.82) is 0 Å². The monoisotopic (exact) mass is 271 g/mol. The minimum atomic E-state index is -0.575. The second-order valence-electron chi connectivity index (χ2n) is 4.62. The normalized spacial score (nSPS) is 11.7. The van der Waals surface area contributed by atoms with Gasteiger partial charge < -0.3 is 9.52 Å². The molecule has 1 aromatic heterocycles. The van der Waals surface area contributed by atoms with Gasteiger partial charge in [0.15, 0.2) is 0 Å². The van der Waals surface area contributed by atoms with Gasteiger partial charge in [0.1, 0.15) is 17.1 Å². The fraction of sp³-hybridized carbons (Fsp3) is 0.250. The van der Waals surface area contributed by atoms with Crippen molar-refractivity contribution >= 4 is 11.4 Å². The van der Waals surface area contributed by atoms with E-state index in [2.05, 4.69) is 11.9 Å². The number of aromatic hydroxyl groups is 1. The van der Waals surface area contributed by atoms with Crippen molar-refractivity contribution < 1.29 is 9.52 Å². The molecule has 20 heavy (non-hydrogen) atoms. The molecule has 0 aliphatic heterocycles. The van der Waals surface area contributed by atoms with E-state index in [1.54, 1.807) is 13.8 Å². The highest BCUT2D eigenvalue weighted by Gasteiger charge is 2.12. The van der Waals surface area contributed by atoms with E-state index in [0.29, 0.717) is 11.5 Å². The first-order chi connectivity index (χ1) is 9.51. The van der Waals surface area contributed by atoms with E-state index in [0.717, 1.165) is 12.1 Å². The lowest BCUT2D eigenvalue weighted by Gasteiger charge is -2.04. The summed E-state index contributed by atoms with van der Waals surface area (Å²) in [6.45, 7) is 5.37. The highest BCUT2D eigenvalue weighted by molar-refractivity contribution is 6.01. The summed E-state index contributed by atoms with van der Waals surface area (Å²) in [4.78, 5) is 16.1. The summed E-state index contributed by atoms with van der Waals surface area (Å²) < 4.78 is 4.99. The van der Waals surface area contributed by atoms with Crippen molar-refractivity contribution in [2.24, 2.45) is 4.99 Å². The lowest BCUT2D eigenvalue weighted by molar-refractivity contribution is 0.432. The van der Waals surface area contributed by atoms with Gasteiger partial charge in [-0.2, -0.15) is 0 Å². The zero-order valence-corrected chi connectivity index (χ0v) is 11.8. The first-order valence-electron chi connectivity index (χ1n) is 6.49. The highest BCUT2D eigenvalue weighted by atomic mass is 16.4. The summed E-state index contributed by atoms with van der Waals surface area (Å²) in [6, 6.07) is 9.16. The Hall–Kier alpha value is -2.36. The predicted molar refractivity (Wildman–Crippen MR) is 79.1 cm³/mol. The van der Waals surface area contributed by atoms with Crippen LogP contribution in [-0.4, -0.2) is 10.8 Å². The molecule has 0 atom stereocenters. The van der Waals surface area contributed by atoms with Crippen LogP contribution in [0.15, 0.2) is 44.5 Å². The zero-order chi connectivity index (χ0) is 14.7. The van der Waals surface area contributed by atoms with Crippen LogP contribution in [0, 0.1) is 6.92 Å². The quantitative estimate of drug-likeness (QED) is 0.871. The van der Waals surface area contributed by atoms with Crippen molar-refractivity contribution in [3.8, 4) is 5.75 Å². The van der Waals surface area contributed by atoms with Gasteiger partial charge >= 0.3 is 5.63 Å². The molecule has 1 heterocycles. The molecule has 0 aliphatic rings. The van der Waals surface area contributed by atoms with Crippen molar-refractivity contribution in [3.63, 3.8) is 0 Å². The molecule has 0 unspecified atom stereocenters. The largest absolute Gasteiger partial charge is 0.507 e. The summed E-state index contributed by atoms with van der Waals surface area (Å²) in [6.07, 6.45) is 0.964. The minimum Gasteiger partial charge on any atom is -0.507 e. The number of hydrogen-bond acceptors (Lipinski definition) is 4. The van der Waals surface area contributed by atoms with Crippen LogP contribution in [0.5, 0.6) is 5.75 Å². The molecule has 1 aromatic carbocycles.